The summed E-state index contributed by atoms with van der Waals surface area (Å²) in [6.45, 7) is 6.85. The number of amides is 1. The quantitative estimate of drug-likeness (QED) is 0.881. The van der Waals surface area contributed by atoms with Gasteiger partial charge >= 0.3 is 0 Å². The maximum Gasteiger partial charge on any atom is 0.256 e. The number of allylic oxidation sites excluding steroid dienone is 2. The Balaban J connectivity index is 1.95. The lowest BCUT2D eigenvalue weighted by molar-refractivity contribution is 0.0961. The van der Waals surface area contributed by atoms with Crippen molar-refractivity contribution in [1.82, 2.24) is 10.3 Å². The van der Waals surface area contributed by atoms with Gasteiger partial charge in [0.1, 0.15) is 0 Å². The Kier molecular flexibility index (Phi) is 4.03. The van der Waals surface area contributed by atoms with Gasteiger partial charge in [0.25, 0.3) is 5.91 Å². The summed E-state index contributed by atoms with van der Waals surface area (Å²) in [5.74, 6) is 0.639. The van der Waals surface area contributed by atoms with Crippen LogP contribution in [0.4, 0.5) is 0 Å². The van der Waals surface area contributed by atoms with E-state index < -0.39 is 0 Å². The van der Waals surface area contributed by atoms with Crippen molar-refractivity contribution in [3.8, 4) is 0 Å². The highest BCUT2D eigenvalue weighted by Gasteiger charge is 2.26. The highest BCUT2D eigenvalue weighted by Crippen LogP contribution is 2.36. The number of pyridine rings is 1. The predicted molar refractivity (Wildman–Crippen MR) is 76.6 cm³/mol. The first-order chi connectivity index (χ1) is 8.97. The Bertz CT molecular complexity index is 471. The summed E-state index contributed by atoms with van der Waals surface area (Å²) in [4.78, 5) is 16.0. The molecule has 1 aliphatic carbocycles. The van der Waals surface area contributed by atoms with Crippen LogP contribution in [0.5, 0.6) is 0 Å². The Labute approximate surface area is 115 Å². The van der Waals surface area contributed by atoms with Gasteiger partial charge in [-0.25, -0.2) is 0 Å². The Morgan fingerprint density at radius 3 is 2.74 bits per heavy atom. The van der Waals surface area contributed by atoms with Crippen LogP contribution in [-0.2, 0) is 0 Å². The van der Waals surface area contributed by atoms with Crippen LogP contribution in [-0.4, -0.2) is 10.9 Å². The lowest BCUT2D eigenvalue weighted by Crippen LogP contribution is -2.28. The minimum atomic E-state index is -0.0615. The monoisotopic (exact) mass is 258 g/mol. The van der Waals surface area contributed by atoms with Gasteiger partial charge in [-0.1, -0.05) is 26.8 Å². The maximum absolute atomic E-state index is 12.0. The van der Waals surface area contributed by atoms with Crippen molar-refractivity contribution in [1.29, 1.82) is 0 Å². The molecule has 1 unspecified atom stereocenters. The standard InChI is InChI=1S/C16H22N2O/c1-16(2,3)13-6-8-14(9-7-13)18-15(19)12-5-4-10-17-11-12/h4-5,8,10-11,13H,6-7,9H2,1-3H3,(H,18,19). The number of carbonyl (C=O) groups is 1. The minimum Gasteiger partial charge on any atom is -0.326 e. The molecule has 0 aromatic carbocycles. The van der Waals surface area contributed by atoms with Gasteiger partial charge in [0.2, 0.25) is 0 Å². The second kappa shape index (κ2) is 5.55. The number of nitrogens with zero attached hydrogens (tertiary/aromatic N) is 1. The molecule has 102 valence electrons. The average molecular weight is 258 g/mol. The Hall–Kier alpha value is -1.64. The largest absolute Gasteiger partial charge is 0.326 e. The van der Waals surface area contributed by atoms with Gasteiger partial charge < -0.3 is 5.32 Å². The van der Waals surface area contributed by atoms with E-state index in [1.54, 1.807) is 24.5 Å². The molecule has 0 bridgehead atoms. The summed E-state index contributed by atoms with van der Waals surface area (Å²) in [5, 5.41) is 2.99. The first kappa shape index (κ1) is 13.8. The predicted octanol–water partition coefficient (Wildman–Crippen LogP) is 3.54. The third-order valence-corrected chi connectivity index (χ3v) is 3.83. The second-order valence-corrected chi connectivity index (χ2v) is 6.26. The SMILES string of the molecule is CC(C)(C)C1CC=C(NC(=O)c2cccnc2)CC1. The molecule has 1 aliphatic rings. The topological polar surface area (TPSA) is 42.0 Å². The first-order valence-electron chi connectivity index (χ1n) is 6.87. The summed E-state index contributed by atoms with van der Waals surface area (Å²) >= 11 is 0. The van der Waals surface area contributed by atoms with E-state index in [0.717, 1.165) is 25.0 Å². The highest BCUT2D eigenvalue weighted by atomic mass is 16.1. The molecule has 0 saturated carbocycles. The van der Waals surface area contributed by atoms with Crippen molar-refractivity contribution >= 4 is 5.91 Å². The van der Waals surface area contributed by atoms with Gasteiger partial charge in [-0.3, -0.25) is 9.78 Å². The number of rotatable bonds is 2. The summed E-state index contributed by atoms with van der Waals surface area (Å²) in [6, 6.07) is 3.56. The van der Waals surface area contributed by atoms with Crippen LogP contribution in [0.25, 0.3) is 0 Å². The van der Waals surface area contributed by atoms with Crippen LogP contribution in [0.15, 0.2) is 36.3 Å². The van der Waals surface area contributed by atoms with Gasteiger partial charge in [0.15, 0.2) is 0 Å². The van der Waals surface area contributed by atoms with Crippen LogP contribution in [0.1, 0.15) is 50.4 Å². The van der Waals surface area contributed by atoms with E-state index in [-0.39, 0.29) is 5.91 Å². The number of carbonyl (C=O) groups excluding carboxylic acids is 1. The molecule has 1 heterocycles. The van der Waals surface area contributed by atoms with Gasteiger partial charge in [-0.15, -0.1) is 0 Å². The van der Waals surface area contributed by atoms with Gasteiger partial charge in [0.05, 0.1) is 5.56 Å². The molecular formula is C16H22N2O. The van der Waals surface area contributed by atoms with Crippen LogP contribution in [0.2, 0.25) is 0 Å². The average Bonchev–Trinajstić information content (AvgIpc) is 2.39. The van der Waals surface area contributed by atoms with E-state index in [0.29, 0.717) is 16.9 Å². The lowest BCUT2D eigenvalue weighted by atomic mass is 9.74. The zero-order valence-electron chi connectivity index (χ0n) is 11.9. The van der Waals surface area contributed by atoms with E-state index in [1.807, 2.05) is 0 Å². The van der Waals surface area contributed by atoms with Crippen molar-refractivity contribution in [2.75, 3.05) is 0 Å². The zero-order valence-corrected chi connectivity index (χ0v) is 11.9. The number of hydrogen-bond acceptors (Lipinski definition) is 2. The molecule has 1 aromatic rings. The lowest BCUT2D eigenvalue weighted by Gasteiger charge is -2.33. The number of nitrogens with one attached hydrogen (secondary N) is 1. The Morgan fingerprint density at radius 1 is 1.42 bits per heavy atom. The molecule has 0 radical (unpaired) electrons. The maximum atomic E-state index is 12.0. The summed E-state index contributed by atoms with van der Waals surface area (Å²) in [6.07, 6.45) is 8.58. The molecule has 1 amide bonds. The Morgan fingerprint density at radius 2 is 2.21 bits per heavy atom. The minimum absolute atomic E-state index is 0.0615. The van der Waals surface area contributed by atoms with Crippen molar-refractivity contribution in [3.05, 3.63) is 41.9 Å². The summed E-state index contributed by atoms with van der Waals surface area (Å²) in [5.41, 5.74) is 2.01. The molecule has 0 saturated heterocycles. The molecular weight excluding hydrogens is 236 g/mol. The van der Waals surface area contributed by atoms with Crippen LogP contribution < -0.4 is 5.32 Å². The smallest absolute Gasteiger partial charge is 0.256 e. The van der Waals surface area contributed by atoms with E-state index >= 15 is 0 Å². The molecule has 1 atom stereocenters. The van der Waals surface area contributed by atoms with Crippen molar-refractivity contribution < 1.29 is 4.79 Å². The molecule has 1 aromatic heterocycles. The summed E-state index contributed by atoms with van der Waals surface area (Å²) in [7, 11) is 0. The van der Waals surface area contributed by atoms with Gasteiger partial charge in [-0.05, 0) is 42.7 Å². The fraction of sp³-hybridized carbons (Fsp3) is 0.500. The first-order valence-corrected chi connectivity index (χ1v) is 6.87. The van der Waals surface area contributed by atoms with E-state index in [4.69, 9.17) is 0 Å². The fourth-order valence-electron chi connectivity index (χ4n) is 2.45. The molecule has 3 heteroatoms. The molecule has 0 aliphatic heterocycles. The number of hydrogen-bond donors (Lipinski definition) is 1. The normalized spacial score (nSPS) is 19.7. The summed E-state index contributed by atoms with van der Waals surface area (Å²) < 4.78 is 0. The third-order valence-electron chi connectivity index (χ3n) is 3.83. The molecule has 0 spiro atoms. The highest BCUT2D eigenvalue weighted by molar-refractivity contribution is 5.94. The molecule has 1 N–H and O–H groups in total. The van der Waals surface area contributed by atoms with E-state index in [9.17, 15) is 4.79 Å². The van der Waals surface area contributed by atoms with Gasteiger partial charge in [-0.2, -0.15) is 0 Å². The second-order valence-electron chi connectivity index (χ2n) is 6.26. The van der Waals surface area contributed by atoms with Crippen molar-refractivity contribution in [2.45, 2.75) is 40.0 Å². The van der Waals surface area contributed by atoms with Crippen LogP contribution in [0, 0.1) is 11.3 Å². The molecule has 19 heavy (non-hydrogen) atoms. The van der Waals surface area contributed by atoms with E-state index in [1.165, 1.54) is 0 Å². The molecule has 3 nitrogen and oxygen atoms in total. The number of aromatic nitrogens is 1. The molecule has 2 rings (SSSR count). The van der Waals surface area contributed by atoms with Crippen molar-refractivity contribution in [3.63, 3.8) is 0 Å². The molecule has 0 fully saturated rings. The third kappa shape index (κ3) is 3.66. The van der Waals surface area contributed by atoms with Gasteiger partial charge in [0, 0.05) is 18.1 Å². The fourth-order valence-corrected chi connectivity index (χ4v) is 2.45. The zero-order chi connectivity index (χ0) is 13.9. The van der Waals surface area contributed by atoms with Crippen molar-refractivity contribution in [2.24, 2.45) is 11.3 Å². The van der Waals surface area contributed by atoms with E-state index in [2.05, 4.69) is 37.1 Å². The van der Waals surface area contributed by atoms with Crippen LogP contribution >= 0.6 is 0 Å². The van der Waals surface area contributed by atoms with Crippen LogP contribution in [0.3, 0.4) is 0 Å².